The van der Waals surface area contributed by atoms with Crippen LogP contribution in [0.4, 0.5) is 0 Å². The van der Waals surface area contributed by atoms with Crippen molar-refractivity contribution in [2.75, 3.05) is 13.1 Å². The summed E-state index contributed by atoms with van der Waals surface area (Å²) >= 11 is 5.88. The minimum absolute atomic E-state index is 0.0792. The van der Waals surface area contributed by atoms with Crippen LogP contribution in [0.1, 0.15) is 12.0 Å². The molecule has 1 aromatic carbocycles. The van der Waals surface area contributed by atoms with Crippen LogP contribution in [-0.2, 0) is 16.0 Å². The minimum Gasteiger partial charge on any atom is -0.481 e. The molecule has 1 fully saturated rings. The standard InChI is InChI=1S/C13H14ClNO3/c14-11-3-1-2-9(6-11)4-5-15-8-10(13(17)18)7-12(15)16/h1-3,6,10H,4-5,7-8H2,(H,17,18)/t10-/m1/s1. The molecule has 1 amide bonds. The van der Waals surface area contributed by atoms with Gasteiger partial charge in [0.1, 0.15) is 0 Å². The molecule has 0 aromatic heterocycles. The van der Waals surface area contributed by atoms with Crippen LogP contribution in [0.25, 0.3) is 0 Å². The molecule has 1 N–H and O–H groups in total. The predicted octanol–water partition coefficient (Wildman–Crippen LogP) is 1.82. The van der Waals surface area contributed by atoms with Crippen molar-refractivity contribution in [1.29, 1.82) is 0 Å². The topological polar surface area (TPSA) is 57.6 Å². The summed E-state index contributed by atoms with van der Waals surface area (Å²) in [6, 6.07) is 7.47. The van der Waals surface area contributed by atoms with Gasteiger partial charge in [-0.1, -0.05) is 23.7 Å². The first kappa shape index (κ1) is 12.9. The fourth-order valence-corrected chi connectivity index (χ4v) is 2.32. The molecule has 5 heteroatoms. The number of rotatable bonds is 4. The van der Waals surface area contributed by atoms with Gasteiger partial charge >= 0.3 is 5.97 Å². The fraction of sp³-hybridized carbons (Fsp3) is 0.385. The Labute approximate surface area is 110 Å². The summed E-state index contributed by atoms with van der Waals surface area (Å²) in [6.45, 7) is 0.859. The molecular formula is C13H14ClNO3. The largest absolute Gasteiger partial charge is 0.481 e. The fourth-order valence-electron chi connectivity index (χ4n) is 2.11. The number of hydrogen-bond acceptors (Lipinski definition) is 2. The lowest BCUT2D eigenvalue weighted by molar-refractivity contribution is -0.141. The van der Waals surface area contributed by atoms with Crippen LogP contribution in [0.3, 0.4) is 0 Å². The van der Waals surface area contributed by atoms with E-state index in [1.165, 1.54) is 0 Å². The average molecular weight is 268 g/mol. The molecule has 1 heterocycles. The van der Waals surface area contributed by atoms with E-state index in [-0.39, 0.29) is 12.3 Å². The SMILES string of the molecule is O=C(O)[C@@H]1CC(=O)N(CCc2cccc(Cl)c2)C1. The van der Waals surface area contributed by atoms with Crippen LogP contribution in [0.2, 0.25) is 5.02 Å². The third-order valence-corrected chi connectivity index (χ3v) is 3.36. The second-order valence-corrected chi connectivity index (χ2v) is 4.90. The lowest BCUT2D eigenvalue weighted by Crippen LogP contribution is -2.28. The van der Waals surface area contributed by atoms with E-state index in [0.717, 1.165) is 5.56 Å². The molecule has 0 unspecified atom stereocenters. The summed E-state index contributed by atoms with van der Waals surface area (Å²) in [6.07, 6.45) is 0.809. The molecule has 0 aliphatic carbocycles. The average Bonchev–Trinajstić information content (AvgIpc) is 2.68. The third kappa shape index (κ3) is 3.01. The lowest BCUT2D eigenvalue weighted by Gasteiger charge is -2.15. The summed E-state index contributed by atoms with van der Waals surface area (Å²) in [5.74, 6) is -1.53. The highest BCUT2D eigenvalue weighted by molar-refractivity contribution is 6.30. The summed E-state index contributed by atoms with van der Waals surface area (Å²) in [5, 5.41) is 9.54. The van der Waals surface area contributed by atoms with Gasteiger partial charge in [-0.2, -0.15) is 0 Å². The molecule has 1 saturated heterocycles. The van der Waals surface area contributed by atoms with Crippen LogP contribution in [0.5, 0.6) is 0 Å². The van der Waals surface area contributed by atoms with E-state index in [2.05, 4.69) is 0 Å². The van der Waals surface area contributed by atoms with E-state index >= 15 is 0 Å². The monoisotopic (exact) mass is 267 g/mol. The highest BCUT2D eigenvalue weighted by Gasteiger charge is 2.33. The number of carbonyl (C=O) groups excluding carboxylic acids is 1. The summed E-state index contributed by atoms with van der Waals surface area (Å²) in [7, 11) is 0. The molecule has 4 nitrogen and oxygen atoms in total. The molecule has 0 bridgehead atoms. The number of halogens is 1. The molecule has 96 valence electrons. The van der Waals surface area contributed by atoms with Crippen LogP contribution in [0, 0.1) is 5.92 Å². The van der Waals surface area contributed by atoms with Crippen molar-refractivity contribution < 1.29 is 14.7 Å². The number of nitrogens with zero attached hydrogens (tertiary/aromatic N) is 1. The van der Waals surface area contributed by atoms with Crippen molar-refractivity contribution in [2.24, 2.45) is 5.92 Å². The van der Waals surface area contributed by atoms with Crippen molar-refractivity contribution in [2.45, 2.75) is 12.8 Å². The molecule has 0 saturated carbocycles. The van der Waals surface area contributed by atoms with Gasteiger partial charge in [-0.25, -0.2) is 0 Å². The zero-order chi connectivity index (χ0) is 13.1. The Hall–Kier alpha value is -1.55. The van der Waals surface area contributed by atoms with Gasteiger partial charge in [-0.05, 0) is 24.1 Å². The van der Waals surface area contributed by atoms with E-state index in [1.807, 2.05) is 18.2 Å². The van der Waals surface area contributed by atoms with Gasteiger partial charge in [0.25, 0.3) is 0 Å². The molecule has 0 radical (unpaired) electrons. The van der Waals surface area contributed by atoms with Crippen molar-refractivity contribution in [1.82, 2.24) is 4.90 Å². The van der Waals surface area contributed by atoms with Gasteiger partial charge in [0.15, 0.2) is 0 Å². The quantitative estimate of drug-likeness (QED) is 0.905. The van der Waals surface area contributed by atoms with Crippen LogP contribution >= 0.6 is 11.6 Å². The smallest absolute Gasteiger partial charge is 0.308 e. The van der Waals surface area contributed by atoms with Crippen LogP contribution < -0.4 is 0 Å². The zero-order valence-electron chi connectivity index (χ0n) is 9.80. The highest BCUT2D eigenvalue weighted by atomic mass is 35.5. The maximum absolute atomic E-state index is 11.6. The molecule has 1 atom stereocenters. The van der Waals surface area contributed by atoms with Gasteiger partial charge in [0, 0.05) is 24.5 Å². The normalized spacial score (nSPS) is 19.3. The number of carbonyl (C=O) groups is 2. The van der Waals surface area contributed by atoms with Crippen molar-refractivity contribution in [3.8, 4) is 0 Å². The number of carboxylic acids is 1. The number of aliphatic carboxylic acids is 1. The lowest BCUT2D eigenvalue weighted by atomic mass is 10.1. The zero-order valence-corrected chi connectivity index (χ0v) is 10.6. The maximum atomic E-state index is 11.6. The Balaban J connectivity index is 1.91. The van der Waals surface area contributed by atoms with Crippen LogP contribution in [-0.4, -0.2) is 35.0 Å². The Morgan fingerprint density at radius 1 is 1.50 bits per heavy atom. The number of benzene rings is 1. The summed E-state index contributed by atoms with van der Waals surface area (Å²) in [4.78, 5) is 24.0. The van der Waals surface area contributed by atoms with E-state index in [1.54, 1.807) is 11.0 Å². The minimum atomic E-state index is -0.895. The predicted molar refractivity (Wildman–Crippen MR) is 67.5 cm³/mol. The van der Waals surface area contributed by atoms with E-state index in [0.29, 0.717) is 24.5 Å². The first-order chi connectivity index (χ1) is 8.56. The number of likely N-dealkylation sites (tertiary alicyclic amines) is 1. The number of hydrogen-bond donors (Lipinski definition) is 1. The van der Waals surface area contributed by atoms with Gasteiger partial charge < -0.3 is 10.0 Å². The molecule has 18 heavy (non-hydrogen) atoms. The van der Waals surface area contributed by atoms with Gasteiger partial charge in [-0.15, -0.1) is 0 Å². The molecular weight excluding hydrogens is 254 g/mol. The van der Waals surface area contributed by atoms with Gasteiger partial charge in [0.05, 0.1) is 5.92 Å². The summed E-state index contributed by atoms with van der Waals surface area (Å²) in [5.41, 5.74) is 1.05. The molecule has 1 aliphatic rings. The van der Waals surface area contributed by atoms with Crippen molar-refractivity contribution in [3.63, 3.8) is 0 Å². The Morgan fingerprint density at radius 2 is 2.28 bits per heavy atom. The molecule has 0 spiro atoms. The molecule has 1 aromatic rings. The van der Waals surface area contributed by atoms with Crippen molar-refractivity contribution in [3.05, 3.63) is 34.9 Å². The Kier molecular flexibility index (Phi) is 3.87. The van der Waals surface area contributed by atoms with E-state index in [4.69, 9.17) is 16.7 Å². The Bertz CT molecular complexity index is 475. The van der Waals surface area contributed by atoms with E-state index < -0.39 is 11.9 Å². The van der Waals surface area contributed by atoms with Gasteiger partial charge in [-0.3, -0.25) is 9.59 Å². The highest BCUT2D eigenvalue weighted by Crippen LogP contribution is 2.19. The van der Waals surface area contributed by atoms with Crippen LogP contribution in [0.15, 0.2) is 24.3 Å². The molecule has 1 aliphatic heterocycles. The van der Waals surface area contributed by atoms with E-state index in [9.17, 15) is 9.59 Å². The molecule has 2 rings (SSSR count). The first-order valence-corrected chi connectivity index (χ1v) is 6.19. The second kappa shape index (κ2) is 5.40. The number of amides is 1. The maximum Gasteiger partial charge on any atom is 0.308 e. The second-order valence-electron chi connectivity index (χ2n) is 4.46. The van der Waals surface area contributed by atoms with Crippen molar-refractivity contribution >= 4 is 23.5 Å². The summed E-state index contributed by atoms with van der Waals surface area (Å²) < 4.78 is 0. The van der Waals surface area contributed by atoms with Gasteiger partial charge in [0.2, 0.25) is 5.91 Å². The first-order valence-electron chi connectivity index (χ1n) is 5.81. The third-order valence-electron chi connectivity index (χ3n) is 3.12. The Morgan fingerprint density at radius 3 is 2.89 bits per heavy atom. The number of carboxylic acid groups (broad SMARTS) is 1.